The van der Waals surface area contributed by atoms with Crippen LogP contribution in [0.4, 0.5) is 0 Å². The maximum Gasteiger partial charge on any atom is 0.0900 e. The maximum absolute atomic E-state index is 5.09. The highest BCUT2D eigenvalue weighted by Gasteiger charge is 2.35. The normalized spacial score (nSPS) is 13.8. The Morgan fingerprint density at radius 3 is 1.14 bits per heavy atom. The summed E-state index contributed by atoms with van der Waals surface area (Å²) in [4.78, 5) is 19.4. The van der Waals surface area contributed by atoms with Crippen molar-refractivity contribution in [3.8, 4) is 67.3 Å². The molecule has 4 aromatic heterocycles. The van der Waals surface area contributed by atoms with Gasteiger partial charge in [-0.05, 0) is 129 Å². The Balaban J connectivity index is 0.936. The number of fused-ring (bicyclic) bond motifs is 2. The molecule has 0 saturated heterocycles. The molecule has 10 aromatic rings. The molecule has 6 aromatic carbocycles. The minimum atomic E-state index is -0.0428. The molecule has 0 aliphatic heterocycles. The van der Waals surface area contributed by atoms with E-state index in [0.29, 0.717) is 0 Å². The zero-order valence-corrected chi connectivity index (χ0v) is 35.2. The first kappa shape index (κ1) is 38.4. The minimum absolute atomic E-state index is 0.0428. The molecule has 0 bridgehead atoms. The molecule has 1 saturated carbocycles. The highest BCUT2D eigenvalue weighted by atomic mass is 14.8. The van der Waals surface area contributed by atoms with E-state index in [1.165, 1.54) is 70.2 Å². The molecule has 302 valence electrons. The first-order chi connectivity index (χ1) is 31.2. The Morgan fingerprint density at radius 2 is 0.730 bits per heavy atom. The highest BCUT2D eigenvalue weighted by molar-refractivity contribution is 6.00. The summed E-state index contributed by atoms with van der Waals surface area (Å²) in [5.74, 6) is 0. The number of nitrogens with zero attached hydrogens (tertiary/aromatic N) is 4. The minimum Gasteiger partial charge on any atom is -0.255 e. The number of hydrogen-bond donors (Lipinski definition) is 0. The third-order valence-corrected chi connectivity index (χ3v) is 13.1. The van der Waals surface area contributed by atoms with Crippen molar-refractivity contribution in [1.29, 1.82) is 0 Å². The second-order valence-electron chi connectivity index (χ2n) is 16.9. The lowest BCUT2D eigenvalue weighted by Crippen LogP contribution is -2.27. The van der Waals surface area contributed by atoms with Gasteiger partial charge in [0.1, 0.15) is 0 Å². The summed E-state index contributed by atoms with van der Waals surface area (Å²) < 4.78 is 0. The van der Waals surface area contributed by atoms with Crippen LogP contribution in [0.25, 0.3) is 89.1 Å². The van der Waals surface area contributed by atoms with Crippen LogP contribution in [0.3, 0.4) is 0 Å². The molecule has 0 radical (unpaired) electrons. The van der Waals surface area contributed by atoms with E-state index in [1.54, 1.807) is 0 Å². The SMILES string of the molecule is c1ccc(-c2cc(-c3ccccn3)nc3ccc(-c4ccc(C5(c6ccc(-c7ccc8nc(-c9ccccn9)cc(-c9ccccc9)c8c7)cc6)CCCCCC5)cc4)cc23)cc1. The van der Waals surface area contributed by atoms with E-state index in [0.717, 1.165) is 68.6 Å². The van der Waals surface area contributed by atoms with Crippen LogP contribution in [0.2, 0.25) is 0 Å². The van der Waals surface area contributed by atoms with Gasteiger partial charge in [-0.1, -0.05) is 159 Å². The topological polar surface area (TPSA) is 51.6 Å². The summed E-state index contributed by atoms with van der Waals surface area (Å²) in [6.45, 7) is 0. The maximum atomic E-state index is 5.09. The van der Waals surface area contributed by atoms with Gasteiger partial charge in [0, 0.05) is 28.6 Å². The van der Waals surface area contributed by atoms with E-state index in [9.17, 15) is 0 Å². The van der Waals surface area contributed by atoms with Gasteiger partial charge in [-0.15, -0.1) is 0 Å². The standard InChI is InChI=1S/C59H46N4/c1-2-12-34-59(33-11-1,47-27-21-41(22-28-47)45-25-31-53-51(37-45)49(43-15-5-3-6-16-43)39-57(62-53)55-19-9-13-35-60-55)48-29-23-42(24-30-48)46-26-32-54-52(38-46)50(44-17-7-4-8-18-44)40-58(63-54)56-20-10-14-36-61-56/h3-10,13-32,35-40H,1-2,11-12,33-34H2. The fraction of sp³-hybridized carbons (Fsp3) is 0.119. The number of benzene rings is 6. The van der Waals surface area contributed by atoms with Gasteiger partial charge in [-0.25, -0.2) is 9.97 Å². The molecule has 1 fully saturated rings. The lowest BCUT2D eigenvalue weighted by atomic mass is 9.69. The van der Waals surface area contributed by atoms with E-state index in [-0.39, 0.29) is 5.41 Å². The molecule has 4 heterocycles. The number of pyridine rings is 4. The summed E-state index contributed by atoms with van der Waals surface area (Å²) in [7, 11) is 0. The zero-order valence-electron chi connectivity index (χ0n) is 35.2. The van der Waals surface area contributed by atoms with Crippen molar-refractivity contribution in [2.45, 2.75) is 43.9 Å². The molecule has 4 nitrogen and oxygen atoms in total. The Bertz CT molecular complexity index is 2970. The number of aromatic nitrogens is 4. The Morgan fingerprint density at radius 1 is 0.317 bits per heavy atom. The van der Waals surface area contributed by atoms with Gasteiger partial charge in [0.25, 0.3) is 0 Å². The molecule has 0 spiro atoms. The molecule has 1 aliphatic rings. The smallest absolute Gasteiger partial charge is 0.0900 e. The van der Waals surface area contributed by atoms with E-state index >= 15 is 0 Å². The van der Waals surface area contributed by atoms with E-state index < -0.39 is 0 Å². The third-order valence-electron chi connectivity index (χ3n) is 13.1. The molecule has 0 N–H and O–H groups in total. The van der Waals surface area contributed by atoms with Crippen LogP contribution < -0.4 is 0 Å². The van der Waals surface area contributed by atoms with Crippen LogP contribution in [0.15, 0.2) is 207 Å². The first-order valence-corrected chi connectivity index (χ1v) is 22.2. The van der Waals surface area contributed by atoms with Gasteiger partial charge in [0.05, 0.1) is 33.8 Å². The van der Waals surface area contributed by atoms with E-state index in [2.05, 4.69) is 168 Å². The van der Waals surface area contributed by atoms with Crippen molar-refractivity contribution in [2.24, 2.45) is 0 Å². The van der Waals surface area contributed by atoms with Crippen molar-refractivity contribution >= 4 is 21.8 Å². The third kappa shape index (κ3) is 7.48. The van der Waals surface area contributed by atoms with Crippen molar-refractivity contribution in [3.63, 3.8) is 0 Å². The Kier molecular flexibility index (Phi) is 10.2. The monoisotopic (exact) mass is 810 g/mol. The second-order valence-corrected chi connectivity index (χ2v) is 16.9. The summed E-state index contributed by atoms with van der Waals surface area (Å²) in [6.07, 6.45) is 11.0. The number of rotatable bonds is 8. The molecule has 4 heteroatoms. The summed E-state index contributed by atoms with van der Waals surface area (Å²) in [5, 5.41) is 2.27. The second kappa shape index (κ2) is 16.7. The van der Waals surface area contributed by atoms with Gasteiger partial charge >= 0.3 is 0 Å². The Hall–Kier alpha value is -7.56. The van der Waals surface area contributed by atoms with Crippen molar-refractivity contribution in [2.75, 3.05) is 0 Å². The van der Waals surface area contributed by atoms with Gasteiger partial charge in [0.2, 0.25) is 0 Å². The predicted octanol–water partition coefficient (Wildman–Crippen LogP) is 15.2. The van der Waals surface area contributed by atoms with Gasteiger partial charge < -0.3 is 0 Å². The lowest BCUT2D eigenvalue weighted by molar-refractivity contribution is 0.446. The highest BCUT2D eigenvalue weighted by Crippen LogP contribution is 2.45. The largest absolute Gasteiger partial charge is 0.255 e. The molecule has 1 aliphatic carbocycles. The molecule has 0 unspecified atom stereocenters. The van der Waals surface area contributed by atoms with Crippen LogP contribution in [0, 0.1) is 0 Å². The average molecular weight is 811 g/mol. The molecular formula is C59H46N4. The fourth-order valence-corrected chi connectivity index (χ4v) is 9.85. The zero-order chi connectivity index (χ0) is 42.0. The van der Waals surface area contributed by atoms with Gasteiger partial charge in [-0.2, -0.15) is 0 Å². The van der Waals surface area contributed by atoms with Gasteiger partial charge in [-0.3, -0.25) is 9.97 Å². The molecular weight excluding hydrogens is 765 g/mol. The summed E-state index contributed by atoms with van der Waals surface area (Å²) >= 11 is 0. The van der Waals surface area contributed by atoms with Crippen molar-refractivity contribution in [1.82, 2.24) is 19.9 Å². The Labute approximate surface area is 369 Å². The van der Waals surface area contributed by atoms with Crippen molar-refractivity contribution < 1.29 is 0 Å². The van der Waals surface area contributed by atoms with Crippen LogP contribution in [-0.2, 0) is 5.41 Å². The van der Waals surface area contributed by atoms with Crippen LogP contribution in [0.1, 0.15) is 49.7 Å². The molecule has 0 atom stereocenters. The lowest BCUT2D eigenvalue weighted by Gasteiger charge is -2.35. The summed E-state index contributed by atoms with van der Waals surface area (Å²) in [6, 6.07) is 69.9. The summed E-state index contributed by atoms with van der Waals surface area (Å²) in [5.41, 5.74) is 17.6. The molecule has 0 amide bonds. The average Bonchev–Trinajstić information content (AvgIpc) is 3.64. The van der Waals surface area contributed by atoms with Crippen LogP contribution in [0.5, 0.6) is 0 Å². The first-order valence-electron chi connectivity index (χ1n) is 22.2. The van der Waals surface area contributed by atoms with E-state index in [4.69, 9.17) is 9.97 Å². The molecule has 11 rings (SSSR count). The quantitative estimate of drug-likeness (QED) is 0.143. The number of hydrogen-bond acceptors (Lipinski definition) is 4. The van der Waals surface area contributed by atoms with Crippen molar-refractivity contribution in [3.05, 3.63) is 218 Å². The molecule has 63 heavy (non-hydrogen) atoms. The van der Waals surface area contributed by atoms with E-state index in [1.807, 2.05) is 48.8 Å². The fourth-order valence-electron chi connectivity index (χ4n) is 9.85. The van der Waals surface area contributed by atoms with Gasteiger partial charge in [0.15, 0.2) is 0 Å². The van der Waals surface area contributed by atoms with Crippen LogP contribution in [-0.4, -0.2) is 19.9 Å². The van der Waals surface area contributed by atoms with Crippen LogP contribution >= 0.6 is 0 Å². The predicted molar refractivity (Wildman–Crippen MR) is 260 cm³/mol.